The Bertz CT molecular complexity index is 201. The molecule has 0 aromatic carbocycles. The van der Waals surface area contributed by atoms with Gasteiger partial charge in [0, 0.05) is 32.2 Å². The zero-order valence-electron chi connectivity index (χ0n) is 11.4. The molecule has 0 aromatic rings. The maximum absolute atomic E-state index is 8.96. The quantitative estimate of drug-likeness (QED) is 0.788. The summed E-state index contributed by atoms with van der Waals surface area (Å²) in [6.07, 6.45) is 1.26. The van der Waals surface area contributed by atoms with Gasteiger partial charge >= 0.3 is 0 Å². The van der Waals surface area contributed by atoms with E-state index in [1.807, 2.05) is 0 Å². The third-order valence-electron chi connectivity index (χ3n) is 3.41. The van der Waals surface area contributed by atoms with Crippen LogP contribution < -0.4 is 0 Å². The Morgan fingerprint density at radius 1 is 1.19 bits per heavy atom. The van der Waals surface area contributed by atoms with Crippen LogP contribution in [0, 0.1) is 5.41 Å². The molecule has 0 bridgehead atoms. The second-order valence-electron chi connectivity index (χ2n) is 6.22. The smallest absolute Gasteiger partial charge is 0.0558 e. The zero-order valence-corrected chi connectivity index (χ0v) is 11.4. The minimum Gasteiger partial charge on any atom is -0.395 e. The summed E-state index contributed by atoms with van der Waals surface area (Å²) < 4.78 is 0. The molecule has 0 spiro atoms. The van der Waals surface area contributed by atoms with Gasteiger partial charge in [0.1, 0.15) is 0 Å². The summed E-state index contributed by atoms with van der Waals surface area (Å²) in [4.78, 5) is 4.94. The van der Waals surface area contributed by atoms with Crippen molar-refractivity contribution in [2.45, 2.75) is 40.2 Å². The Hall–Kier alpha value is -0.120. The lowest BCUT2D eigenvalue weighted by molar-refractivity contribution is 0.0630. The molecular formula is C13H28N2O. The number of aliphatic hydroxyl groups is 1. The lowest BCUT2D eigenvalue weighted by atomic mass is 9.92. The summed E-state index contributed by atoms with van der Waals surface area (Å²) in [6, 6.07) is 0.584. The van der Waals surface area contributed by atoms with Crippen LogP contribution in [0.2, 0.25) is 0 Å². The maximum Gasteiger partial charge on any atom is 0.0558 e. The van der Waals surface area contributed by atoms with Crippen molar-refractivity contribution in [3.63, 3.8) is 0 Å². The Balaban J connectivity index is 2.28. The van der Waals surface area contributed by atoms with Gasteiger partial charge in [-0.15, -0.1) is 0 Å². The van der Waals surface area contributed by atoms with E-state index in [1.165, 1.54) is 13.0 Å². The number of aliphatic hydroxyl groups excluding tert-OH is 1. The minimum absolute atomic E-state index is 0.284. The van der Waals surface area contributed by atoms with Gasteiger partial charge in [-0.05, 0) is 25.3 Å². The first-order valence-electron chi connectivity index (χ1n) is 6.49. The molecule has 0 aliphatic carbocycles. The van der Waals surface area contributed by atoms with Gasteiger partial charge in [-0.2, -0.15) is 0 Å². The highest BCUT2D eigenvalue weighted by Gasteiger charge is 2.23. The van der Waals surface area contributed by atoms with E-state index in [9.17, 15) is 0 Å². The summed E-state index contributed by atoms with van der Waals surface area (Å²) in [5, 5.41) is 8.96. The van der Waals surface area contributed by atoms with Gasteiger partial charge in [0.05, 0.1) is 6.61 Å². The fourth-order valence-electron chi connectivity index (χ4n) is 2.23. The predicted molar refractivity (Wildman–Crippen MR) is 68.6 cm³/mol. The monoisotopic (exact) mass is 228 g/mol. The van der Waals surface area contributed by atoms with Crippen molar-refractivity contribution in [1.29, 1.82) is 0 Å². The van der Waals surface area contributed by atoms with E-state index in [4.69, 9.17) is 5.11 Å². The van der Waals surface area contributed by atoms with Crippen LogP contribution in [-0.2, 0) is 0 Å². The molecule has 3 heteroatoms. The molecule has 0 amide bonds. The van der Waals surface area contributed by atoms with Crippen LogP contribution in [0.25, 0.3) is 0 Å². The fourth-order valence-corrected chi connectivity index (χ4v) is 2.23. The van der Waals surface area contributed by atoms with Crippen LogP contribution in [0.3, 0.4) is 0 Å². The summed E-state index contributed by atoms with van der Waals surface area (Å²) in [7, 11) is 0. The molecule has 1 saturated heterocycles. The fraction of sp³-hybridized carbons (Fsp3) is 1.00. The molecule has 16 heavy (non-hydrogen) atoms. The molecule has 0 radical (unpaired) electrons. The summed E-state index contributed by atoms with van der Waals surface area (Å²) in [5.74, 6) is 0. The Morgan fingerprint density at radius 3 is 2.38 bits per heavy atom. The zero-order chi connectivity index (χ0) is 12.2. The van der Waals surface area contributed by atoms with Crippen LogP contribution in [0.4, 0.5) is 0 Å². The third kappa shape index (κ3) is 4.81. The van der Waals surface area contributed by atoms with Gasteiger partial charge in [-0.25, -0.2) is 0 Å². The van der Waals surface area contributed by atoms with Crippen molar-refractivity contribution < 1.29 is 5.11 Å². The molecule has 96 valence electrons. The molecule has 1 rings (SSSR count). The van der Waals surface area contributed by atoms with E-state index in [2.05, 4.69) is 37.5 Å². The molecule has 1 atom stereocenters. The van der Waals surface area contributed by atoms with Crippen LogP contribution in [0.15, 0.2) is 0 Å². The van der Waals surface area contributed by atoms with Crippen LogP contribution in [0.5, 0.6) is 0 Å². The Morgan fingerprint density at radius 2 is 1.88 bits per heavy atom. The SMILES string of the molecule is C[C@@H]1CN(CCC(C)(C)C)CCN1CCO. The molecule has 1 heterocycles. The first kappa shape index (κ1) is 13.9. The predicted octanol–water partition coefficient (Wildman–Crippen LogP) is 1.42. The highest BCUT2D eigenvalue weighted by molar-refractivity contribution is 4.79. The van der Waals surface area contributed by atoms with E-state index < -0.39 is 0 Å². The molecule has 1 N–H and O–H groups in total. The lowest BCUT2D eigenvalue weighted by Gasteiger charge is -2.40. The number of piperazine rings is 1. The number of hydrogen-bond donors (Lipinski definition) is 1. The van der Waals surface area contributed by atoms with Gasteiger partial charge in [0.2, 0.25) is 0 Å². The second kappa shape index (κ2) is 5.99. The molecule has 1 fully saturated rings. The van der Waals surface area contributed by atoms with E-state index in [-0.39, 0.29) is 6.61 Å². The third-order valence-corrected chi connectivity index (χ3v) is 3.41. The van der Waals surface area contributed by atoms with E-state index in [0.717, 1.165) is 26.2 Å². The summed E-state index contributed by atoms with van der Waals surface area (Å²) in [6.45, 7) is 14.9. The first-order chi connectivity index (χ1) is 7.42. The van der Waals surface area contributed by atoms with Gasteiger partial charge in [-0.3, -0.25) is 4.90 Å². The van der Waals surface area contributed by atoms with Crippen LogP contribution in [-0.4, -0.2) is 60.3 Å². The van der Waals surface area contributed by atoms with Gasteiger partial charge < -0.3 is 10.0 Å². The van der Waals surface area contributed by atoms with Crippen LogP contribution in [0.1, 0.15) is 34.1 Å². The highest BCUT2D eigenvalue weighted by Crippen LogP contribution is 2.20. The largest absolute Gasteiger partial charge is 0.395 e. The molecule has 0 aromatic heterocycles. The van der Waals surface area contributed by atoms with Crippen LogP contribution >= 0.6 is 0 Å². The van der Waals surface area contributed by atoms with Gasteiger partial charge in [-0.1, -0.05) is 20.8 Å². The van der Waals surface area contributed by atoms with Crippen molar-refractivity contribution in [3.05, 3.63) is 0 Å². The molecule has 0 unspecified atom stereocenters. The van der Waals surface area contributed by atoms with Crippen molar-refractivity contribution in [3.8, 4) is 0 Å². The second-order valence-corrected chi connectivity index (χ2v) is 6.22. The molecular weight excluding hydrogens is 200 g/mol. The highest BCUT2D eigenvalue weighted by atomic mass is 16.3. The maximum atomic E-state index is 8.96. The normalized spacial score (nSPS) is 24.9. The van der Waals surface area contributed by atoms with E-state index in [0.29, 0.717) is 11.5 Å². The van der Waals surface area contributed by atoms with Gasteiger partial charge in [0.25, 0.3) is 0 Å². The topological polar surface area (TPSA) is 26.7 Å². The van der Waals surface area contributed by atoms with Crippen molar-refractivity contribution in [2.24, 2.45) is 5.41 Å². The number of β-amino-alcohol motifs (C(OH)–C–C–N with tert-alkyl or cyclic N) is 1. The number of rotatable bonds is 4. The van der Waals surface area contributed by atoms with Crippen molar-refractivity contribution in [1.82, 2.24) is 9.80 Å². The number of nitrogens with zero attached hydrogens (tertiary/aromatic N) is 2. The molecule has 0 saturated carbocycles. The molecule has 3 nitrogen and oxygen atoms in total. The molecule has 1 aliphatic rings. The Labute approximate surface area is 100 Å². The molecule has 1 aliphatic heterocycles. The summed E-state index contributed by atoms with van der Waals surface area (Å²) in [5.41, 5.74) is 0.436. The number of hydrogen-bond acceptors (Lipinski definition) is 3. The Kier molecular flexibility index (Phi) is 5.22. The average Bonchev–Trinajstić information content (AvgIpc) is 2.18. The summed E-state index contributed by atoms with van der Waals surface area (Å²) >= 11 is 0. The average molecular weight is 228 g/mol. The van der Waals surface area contributed by atoms with Gasteiger partial charge in [0.15, 0.2) is 0 Å². The van der Waals surface area contributed by atoms with E-state index in [1.54, 1.807) is 0 Å². The van der Waals surface area contributed by atoms with Crippen molar-refractivity contribution in [2.75, 3.05) is 39.3 Å². The lowest BCUT2D eigenvalue weighted by Crippen LogP contribution is -2.52. The van der Waals surface area contributed by atoms with E-state index >= 15 is 0 Å². The van der Waals surface area contributed by atoms with Crippen molar-refractivity contribution >= 4 is 0 Å². The first-order valence-corrected chi connectivity index (χ1v) is 6.49. The standard InChI is InChI=1S/C13H28N2O/c1-12-11-14(6-5-13(2,3)4)7-8-15(12)9-10-16/h12,16H,5-11H2,1-4H3/t12-/m1/s1. The minimum atomic E-state index is 0.284.